The second-order valence-corrected chi connectivity index (χ2v) is 6.22. The zero-order chi connectivity index (χ0) is 12.4. The van der Waals surface area contributed by atoms with Crippen molar-refractivity contribution >= 4 is 11.5 Å². The van der Waals surface area contributed by atoms with Crippen LogP contribution in [0.4, 0.5) is 11.5 Å². The van der Waals surface area contributed by atoms with Crippen molar-refractivity contribution < 1.29 is 0 Å². The lowest BCUT2D eigenvalue weighted by Crippen LogP contribution is -2.35. The fourth-order valence-electron chi connectivity index (χ4n) is 2.20. The summed E-state index contributed by atoms with van der Waals surface area (Å²) in [7, 11) is 0. The number of hydrogen-bond donors (Lipinski definition) is 2. The number of nitrogen functional groups attached to an aromatic ring is 1. The Hall–Kier alpha value is -1.25. The maximum absolute atomic E-state index is 5.60. The molecule has 0 bridgehead atoms. The Morgan fingerprint density at radius 3 is 2.25 bits per heavy atom. The van der Waals surface area contributed by atoms with Gasteiger partial charge in [0.25, 0.3) is 0 Å². The zero-order valence-corrected chi connectivity index (χ0v) is 11.0. The van der Waals surface area contributed by atoms with Crippen LogP contribution in [-0.2, 0) is 0 Å². The molecule has 0 spiro atoms. The largest absolute Gasteiger partial charge is 0.397 e. The average molecular weight is 221 g/mol. The van der Waals surface area contributed by atoms with Crippen LogP contribution in [0.3, 0.4) is 0 Å². The first kappa shape index (κ1) is 12.8. The van der Waals surface area contributed by atoms with Gasteiger partial charge in [0.1, 0.15) is 5.82 Å². The van der Waals surface area contributed by atoms with Crippen LogP contribution < -0.4 is 11.1 Å². The summed E-state index contributed by atoms with van der Waals surface area (Å²) in [6.45, 7) is 11.1. The number of anilines is 2. The van der Waals surface area contributed by atoms with E-state index in [0.717, 1.165) is 12.2 Å². The second-order valence-electron chi connectivity index (χ2n) is 6.22. The van der Waals surface area contributed by atoms with Crippen molar-refractivity contribution in [3.63, 3.8) is 0 Å². The molecule has 1 aromatic rings. The first-order valence-corrected chi connectivity index (χ1v) is 5.68. The summed E-state index contributed by atoms with van der Waals surface area (Å²) in [5.74, 6) is 0.878. The summed E-state index contributed by atoms with van der Waals surface area (Å²) in [5, 5.41) is 3.44. The Balaban J connectivity index is 2.69. The molecule has 3 nitrogen and oxygen atoms in total. The van der Waals surface area contributed by atoms with E-state index in [0.29, 0.717) is 11.1 Å². The van der Waals surface area contributed by atoms with E-state index in [4.69, 9.17) is 5.73 Å². The molecule has 0 aromatic carbocycles. The van der Waals surface area contributed by atoms with E-state index in [1.165, 1.54) is 0 Å². The van der Waals surface area contributed by atoms with Gasteiger partial charge in [-0.15, -0.1) is 0 Å². The summed E-state index contributed by atoms with van der Waals surface area (Å²) in [6.07, 6.45) is 2.75. The van der Waals surface area contributed by atoms with Crippen molar-refractivity contribution in [2.45, 2.75) is 46.6 Å². The Bertz CT molecular complexity index is 333. The number of rotatable bonds is 3. The number of nitrogens with two attached hydrogens (primary N) is 1. The predicted octanol–water partition coefficient (Wildman–Crippen LogP) is 3.29. The Morgan fingerprint density at radius 2 is 1.81 bits per heavy atom. The van der Waals surface area contributed by atoms with Crippen molar-refractivity contribution in [3.8, 4) is 0 Å². The molecule has 0 saturated carbocycles. The molecule has 90 valence electrons. The predicted molar refractivity (Wildman–Crippen MR) is 70.4 cm³/mol. The number of aromatic nitrogens is 1. The number of pyridine rings is 1. The molecule has 16 heavy (non-hydrogen) atoms. The van der Waals surface area contributed by atoms with Crippen LogP contribution in [0, 0.1) is 5.41 Å². The monoisotopic (exact) mass is 221 g/mol. The number of hydrogen-bond acceptors (Lipinski definition) is 3. The van der Waals surface area contributed by atoms with Crippen LogP contribution in [0.15, 0.2) is 18.3 Å². The van der Waals surface area contributed by atoms with Gasteiger partial charge in [-0.2, -0.15) is 0 Å². The SMILES string of the molecule is CC(C)(C)CC(C)(C)Nc1ccc(N)cn1. The van der Waals surface area contributed by atoms with Gasteiger partial charge in [-0.05, 0) is 37.8 Å². The molecule has 1 rings (SSSR count). The van der Waals surface area contributed by atoms with Crippen molar-refractivity contribution in [1.29, 1.82) is 0 Å². The smallest absolute Gasteiger partial charge is 0.126 e. The van der Waals surface area contributed by atoms with E-state index in [1.54, 1.807) is 6.20 Å². The zero-order valence-electron chi connectivity index (χ0n) is 11.0. The van der Waals surface area contributed by atoms with Crippen LogP contribution >= 0.6 is 0 Å². The van der Waals surface area contributed by atoms with Gasteiger partial charge in [0.15, 0.2) is 0 Å². The Kier molecular flexibility index (Phi) is 3.46. The molecule has 0 radical (unpaired) electrons. The van der Waals surface area contributed by atoms with Crippen molar-refractivity contribution in [1.82, 2.24) is 4.98 Å². The third kappa shape index (κ3) is 4.51. The lowest BCUT2D eigenvalue weighted by Gasteiger charge is -2.33. The Morgan fingerprint density at radius 1 is 1.19 bits per heavy atom. The second kappa shape index (κ2) is 4.32. The highest BCUT2D eigenvalue weighted by molar-refractivity contribution is 5.45. The minimum atomic E-state index is 0.0291. The van der Waals surface area contributed by atoms with E-state index in [2.05, 4.69) is 44.9 Å². The van der Waals surface area contributed by atoms with E-state index >= 15 is 0 Å². The molecule has 3 N–H and O–H groups in total. The van der Waals surface area contributed by atoms with Crippen molar-refractivity contribution in [2.24, 2.45) is 5.41 Å². The van der Waals surface area contributed by atoms with Crippen LogP contribution in [0.1, 0.15) is 41.0 Å². The molecule has 0 amide bonds. The summed E-state index contributed by atoms with van der Waals surface area (Å²) in [6, 6.07) is 3.78. The molecule has 0 fully saturated rings. The molecule has 1 aromatic heterocycles. The standard InChI is InChI=1S/C13H23N3/c1-12(2,3)9-13(4,5)16-11-7-6-10(14)8-15-11/h6-8H,9,14H2,1-5H3,(H,15,16). The molecular formula is C13H23N3. The quantitative estimate of drug-likeness (QED) is 0.823. The van der Waals surface area contributed by atoms with Gasteiger partial charge in [0, 0.05) is 5.54 Å². The van der Waals surface area contributed by atoms with Crippen LogP contribution in [0.2, 0.25) is 0 Å². The Labute approximate surface area is 98.5 Å². The van der Waals surface area contributed by atoms with Gasteiger partial charge < -0.3 is 11.1 Å². The third-order valence-corrected chi connectivity index (χ3v) is 2.23. The minimum Gasteiger partial charge on any atom is -0.397 e. The molecule has 1 heterocycles. The average Bonchev–Trinajstić information content (AvgIpc) is 2.04. The highest BCUT2D eigenvalue weighted by Gasteiger charge is 2.25. The highest BCUT2D eigenvalue weighted by Crippen LogP contribution is 2.29. The van der Waals surface area contributed by atoms with Gasteiger partial charge in [-0.25, -0.2) is 4.98 Å². The lowest BCUT2D eigenvalue weighted by molar-refractivity contribution is 0.302. The maximum atomic E-state index is 5.60. The molecule has 0 atom stereocenters. The van der Waals surface area contributed by atoms with E-state index < -0.39 is 0 Å². The highest BCUT2D eigenvalue weighted by atomic mass is 15.0. The fourth-order valence-corrected chi connectivity index (χ4v) is 2.20. The maximum Gasteiger partial charge on any atom is 0.126 e. The third-order valence-electron chi connectivity index (χ3n) is 2.23. The molecule has 0 aliphatic heterocycles. The molecule has 3 heteroatoms. The lowest BCUT2D eigenvalue weighted by atomic mass is 9.82. The van der Waals surface area contributed by atoms with Crippen LogP contribution in [-0.4, -0.2) is 10.5 Å². The number of nitrogens with zero attached hydrogens (tertiary/aromatic N) is 1. The van der Waals surface area contributed by atoms with Gasteiger partial charge in [0.2, 0.25) is 0 Å². The van der Waals surface area contributed by atoms with Crippen molar-refractivity contribution in [2.75, 3.05) is 11.1 Å². The summed E-state index contributed by atoms with van der Waals surface area (Å²) < 4.78 is 0. The van der Waals surface area contributed by atoms with E-state index in [-0.39, 0.29) is 5.54 Å². The van der Waals surface area contributed by atoms with Crippen LogP contribution in [0.5, 0.6) is 0 Å². The topological polar surface area (TPSA) is 50.9 Å². The van der Waals surface area contributed by atoms with Gasteiger partial charge in [0.05, 0.1) is 11.9 Å². The van der Waals surface area contributed by atoms with Crippen molar-refractivity contribution in [3.05, 3.63) is 18.3 Å². The van der Waals surface area contributed by atoms with Crippen LogP contribution in [0.25, 0.3) is 0 Å². The molecular weight excluding hydrogens is 198 g/mol. The van der Waals surface area contributed by atoms with Gasteiger partial charge in [-0.3, -0.25) is 0 Å². The first-order valence-electron chi connectivity index (χ1n) is 5.68. The van der Waals surface area contributed by atoms with Gasteiger partial charge >= 0.3 is 0 Å². The molecule has 0 aliphatic rings. The van der Waals surface area contributed by atoms with E-state index in [1.807, 2.05) is 12.1 Å². The minimum absolute atomic E-state index is 0.0291. The van der Waals surface area contributed by atoms with Gasteiger partial charge in [-0.1, -0.05) is 20.8 Å². The summed E-state index contributed by atoms with van der Waals surface area (Å²) in [5.41, 5.74) is 6.62. The van der Waals surface area contributed by atoms with E-state index in [9.17, 15) is 0 Å². The normalized spacial score (nSPS) is 12.6. The summed E-state index contributed by atoms with van der Waals surface area (Å²) >= 11 is 0. The number of nitrogens with one attached hydrogen (secondary N) is 1. The molecule has 0 unspecified atom stereocenters. The summed E-state index contributed by atoms with van der Waals surface area (Å²) in [4.78, 5) is 4.26. The molecule has 0 saturated heterocycles. The first-order chi connectivity index (χ1) is 7.18. The fraction of sp³-hybridized carbons (Fsp3) is 0.615. The molecule has 0 aliphatic carbocycles.